The third-order valence-electron chi connectivity index (χ3n) is 3.35. The van der Waals surface area contributed by atoms with Gasteiger partial charge in [-0.3, -0.25) is 4.79 Å². The molecule has 0 fully saturated rings. The average molecular weight is 313 g/mol. The number of primary amides is 1. The number of benzene rings is 2. The lowest BCUT2D eigenvalue weighted by atomic mass is 10.0. The van der Waals surface area contributed by atoms with Crippen LogP contribution in [0.3, 0.4) is 0 Å². The topological polar surface area (TPSA) is 70.8 Å². The smallest absolute Gasteiger partial charge is 0.241 e. The molecule has 0 heterocycles. The van der Waals surface area contributed by atoms with Crippen LogP contribution in [0.4, 0.5) is 0 Å². The highest BCUT2D eigenvalue weighted by molar-refractivity contribution is 5.90. The molecule has 23 heavy (non-hydrogen) atoms. The van der Waals surface area contributed by atoms with Crippen LogP contribution in [0, 0.1) is 0 Å². The summed E-state index contributed by atoms with van der Waals surface area (Å²) < 4.78 is 16.0. The van der Waals surface area contributed by atoms with Gasteiger partial charge in [0.05, 0.1) is 21.3 Å². The average Bonchev–Trinajstić information content (AvgIpc) is 2.58. The first kappa shape index (κ1) is 16.4. The molecular weight excluding hydrogens is 294 g/mol. The largest absolute Gasteiger partial charge is 0.493 e. The summed E-state index contributed by atoms with van der Waals surface area (Å²) in [6.07, 6.45) is 3.00. The number of carbonyl (C=O) groups is 1. The molecule has 0 aliphatic rings. The van der Waals surface area contributed by atoms with Crippen molar-refractivity contribution in [3.63, 3.8) is 0 Å². The lowest BCUT2D eigenvalue weighted by Crippen LogP contribution is -2.04. The van der Waals surface area contributed by atoms with Crippen molar-refractivity contribution in [3.8, 4) is 28.4 Å². The summed E-state index contributed by atoms with van der Waals surface area (Å²) in [4.78, 5) is 10.8. The van der Waals surface area contributed by atoms with Crippen molar-refractivity contribution in [1.29, 1.82) is 0 Å². The molecule has 120 valence electrons. The Morgan fingerprint density at radius 3 is 1.91 bits per heavy atom. The number of nitrogens with two attached hydrogens (primary N) is 1. The minimum absolute atomic E-state index is 0.473. The first-order valence-electron chi connectivity index (χ1n) is 6.97. The summed E-state index contributed by atoms with van der Waals surface area (Å²) in [5.74, 6) is 1.28. The van der Waals surface area contributed by atoms with Gasteiger partial charge in [-0.1, -0.05) is 24.3 Å². The predicted molar refractivity (Wildman–Crippen MR) is 89.8 cm³/mol. The Labute approximate surface area is 135 Å². The van der Waals surface area contributed by atoms with Crippen molar-refractivity contribution in [2.24, 2.45) is 5.73 Å². The van der Waals surface area contributed by atoms with Gasteiger partial charge in [0.15, 0.2) is 11.5 Å². The zero-order chi connectivity index (χ0) is 16.8. The number of hydrogen-bond donors (Lipinski definition) is 1. The van der Waals surface area contributed by atoms with Crippen molar-refractivity contribution < 1.29 is 19.0 Å². The first-order valence-corrected chi connectivity index (χ1v) is 6.97. The van der Waals surface area contributed by atoms with E-state index in [4.69, 9.17) is 19.9 Å². The monoisotopic (exact) mass is 313 g/mol. The second-order valence-electron chi connectivity index (χ2n) is 4.77. The van der Waals surface area contributed by atoms with E-state index in [-0.39, 0.29) is 0 Å². The Bertz CT molecular complexity index is 695. The van der Waals surface area contributed by atoms with Crippen molar-refractivity contribution in [3.05, 3.63) is 48.0 Å². The Hall–Kier alpha value is -2.95. The third-order valence-corrected chi connectivity index (χ3v) is 3.35. The number of ether oxygens (including phenoxy) is 3. The molecular formula is C18H19NO4. The molecule has 5 nitrogen and oxygen atoms in total. The molecule has 0 spiro atoms. The molecule has 0 saturated heterocycles. The normalized spacial score (nSPS) is 10.6. The lowest BCUT2D eigenvalue weighted by Gasteiger charge is -2.14. The Morgan fingerprint density at radius 1 is 0.913 bits per heavy atom. The molecule has 2 N–H and O–H groups in total. The van der Waals surface area contributed by atoms with E-state index in [1.165, 1.54) is 6.08 Å². The fraction of sp³-hybridized carbons (Fsp3) is 0.167. The van der Waals surface area contributed by atoms with Crippen LogP contribution in [-0.4, -0.2) is 27.2 Å². The summed E-state index contributed by atoms with van der Waals surface area (Å²) in [6, 6.07) is 11.5. The van der Waals surface area contributed by atoms with E-state index in [2.05, 4.69) is 0 Å². The van der Waals surface area contributed by atoms with Gasteiger partial charge in [-0.2, -0.15) is 0 Å². The predicted octanol–water partition coefficient (Wildman–Crippen LogP) is 2.88. The van der Waals surface area contributed by atoms with Gasteiger partial charge in [-0.05, 0) is 34.9 Å². The molecule has 2 aromatic rings. The maximum absolute atomic E-state index is 10.8. The van der Waals surface area contributed by atoms with E-state index in [9.17, 15) is 4.79 Å². The van der Waals surface area contributed by atoms with Crippen LogP contribution >= 0.6 is 0 Å². The summed E-state index contributed by atoms with van der Waals surface area (Å²) in [6.45, 7) is 0. The van der Waals surface area contributed by atoms with Gasteiger partial charge >= 0.3 is 0 Å². The molecule has 5 heteroatoms. The maximum Gasteiger partial charge on any atom is 0.241 e. The van der Waals surface area contributed by atoms with Gasteiger partial charge < -0.3 is 19.9 Å². The zero-order valence-corrected chi connectivity index (χ0v) is 13.3. The van der Waals surface area contributed by atoms with Gasteiger partial charge in [-0.15, -0.1) is 0 Å². The molecule has 0 saturated carbocycles. The van der Waals surface area contributed by atoms with E-state index in [1.807, 2.05) is 36.4 Å². The van der Waals surface area contributed by atoms with E-state index in [0.717, 1.165) is 16.7 Å². The third kappa shape index (κ3) is 3.83. The van der Waals surface area contributed by atoms with Crippen LogP contribution in [0.1, 0.15) is 5.56 Å². The van der Waals surface area contributed by atoms with Crippen LogP contribution < -0.4 is 19.9 Å². The highest BCUT2D eigenvalue weighted by Gasteiger charge is 2.13. The van der Waals surface area contributed by atoms with Crippen molar-refractivity contribution in [2.45, 2.75) is 0 Å². The Kier molecular flexibility index (Phi) is 5.25. The number of methoxy groups -OCH3 is 3. The fourth-order valence-electron chi connectivity index (χ4n) is 2.21. The van der Waals surface area contributed by atoms with Crippen LogP contribution in [0.15, 0.2) is 42.5 Å². The molecule has 2 rings (SSSR count). The summed E-state index contributed by atoms with van der Waals surface area (Å²) in [5.41, 5.74) is 7.90. The summed E-state index contributed by atoms with van der Waals surface area (Å²) in [5, 5.41) is 0. The maximum atomic E-state index is 10.8. The molecule has 0 aliphatic carbocycles. The van der Waals surface area contributed by atoms with Crippen molar-refractivity contribution >= 4 is 12.0 Å². The highest BCUT2D eigenvalue weighted by Crippen LogP contribution is 2.41. The quantitative estimate of drug-likeness (QED) is 0.832. The summed E-state index contributed by atoms with van der Waals surface area (Å²) >= 11 is 0. The van der Waals surface area contributed by atoms with E-state index in [1.54, 1.807) is 27.4 Å². The minimum Gasteiger partial charge on any atom is -0.493 e. The first-order chi connectivity index (χ1) is 11.1. The van der Waals surface area contributed by atoms with Gasteiger partial charge in [0.2, 0.25) is 11.7 Å². The molecule has 0 unspecified atom stereocenters. The van der Waals surface area contributed by atoms with Gasteiger partial charge in [0, 0.05) is 6.08 Å². The SMILES string of the molecule is COc1cc(-c2ccc(/C=C\C(N)=O)cc2)cc(OC)c1OC. The van der Waals surface area contributed by atoms with Gasteiger partial charge in [0.1, 0.15) is 0 Å². The van der Waals surface area contributed by atoms with Gasteiger partial charge in [0.25, 0.3) is 0 Å². The Morgan fingerprint density at radius 2 is 1.48 bits per heavy atom. The standard InChI is InChI=1S/C18H19NO4/c1-21-15-10-14(11-16(22-2)18(15)23-3)13-7-4-12(5-8-13)6-9-17(19)20/h4-11H,1-3H3,(H2,19,20)/b9-6-. The molecule has 1 amide bonds. The van der Waals surface area contributed by atoms with Gasteiger partial charge in [-0.25, -0.2) is 0 Å². The second kappa shape index (κ2) is 7.35. The highest BCUT2D eigenvalue weighted by atomic mass is 16.5. The molecule has 0 aromatic heterocycles. The molecule has 0 atom stereocenters. The van der Waals surface area contributed by atoms with Crippen LogP contribution in [0.25, 0.3) is 17.2 Å². The van der Waals surface area contributed by atoms with Crippen molar-refractivity contribution in [1.82, 2.24) is 0 Å². The zero-order valence-electron chi connectivity index (χ0n) is 13.3. The lowest BCUT2D eigenvalue weighted by molar-refractivity contribution is -0.113. The van der Waals surface area contributed by atoms with E-state index >= 15 is 0 Å². The number of hydrogen-bond acceptors (Lipinski definition) is 4. The molecule has 0 bridgehead atoms. The molecule has 2 aromatic carbocycles. The van der Waals surface area contributed by atoms with E-state index < -0.39 is 5.91 Å². The number of carbonyl (C=O) groups excluding carboxylic acids is 1. The summed E-state index contributed by atoms with van der Waals surface area (Å²) in [7, 11) is 4.73. The van der Waals surface area contributed by atoms with E-state index in [0.29, 0.717) is 17.2 Å². The Balaban J connectivity index is 2.40. The number of rotatable bonds is 6. The van der Waals surface area contributed by atoms with Crippen LogP contribution in [0.2, 0.25) is 0 Å². The van der Waals surface area contributed by atoms with Crippen LogP contribution in [0.5, 0.6) is 17.2 Å². The van der Waals surface area contributed by atoms with Crippen LogP contribution in [-0.2, 0) is 4.79 Å². The second-order valence-corrected chi connectivity index (χ2v) is 4.77. The minimum atomic E-state index is -0.473. The number of amides is 1. The molecule has 0 aliphatic heterocycles. The van der Waals surface area contributed by atoms with Crippen molar-refractivity contribution in [2.75, 3.05) is 21.3 Å². The molecule has 0 radical (unpaired) electrons. The fourth-order valence-corrected chi connectivity index (χ4v) is 2.21.